The normalized spacial score (nSPS) is 10.8. The van der Waals surface area contributed by atoms with Crippen molar-refractivity contribution in [3.63, 3.8) is 0 Å². The molecule has 0 aliphatic carbocycles. The van der Waals surface area contributed by atoms with Crippen LogP contribution in [-0.2, 0) is 11.3 Å². The molecule has 0 unspecified atom stereocenters. The van der Waals surface area contributed by atoms with E-state index in [4.69, 9.17) is 4.74 Å². The van der Waals surface area contributed by atoms with E-state index in [9.17, 15) is 4.79 Å². The highest BCUT2D eigenvalue weighted by Gasteiger charge is 2.09. The molecule has 0 aromatic carbocycles. The second-order valence-electron chi connectivity index (χ2n) is 4.87. The SMILES string of the molecule is C=CCCOCCNc1cnn(CC(C)C)c(=O)c1Br. The van der Waals surface area contributed by atoms with E-state index in [0.29, 0.717) is 42.4 Å². The standard InChI is InChI=1S/C14H22BrN3O2/c1-4-5-7-20-8-6-16-12-9-17-18(10-11(2)3)14(19)13(12)15/h4,9,11,16H,1,5-8,10H2,2-3H3. The molecule has 5 nitrogen and oxygen atoms in total. The summed E-state index contributed by atoms with van der Waals surface area (Å²) >= 11 is 3.33. The Morgan fingerprint density at radius 3 is 2.95 bits per heavy atom. The summed E-state index contributed by atoms with van der Waals surface area (Å²) in [6.45, 7) is 10.2. The molecule has 1 aromatic rings. The summed E-state index contributed by atoms with van der Waals surface area (Å²) in [6, 6.07) is 0. The minimum absolute atomic E-state index is 0.115. The lowest BCUT2D eigenvalue weighted by Gasteiger charge is -2.11. The van der Waals surface area contributed by atoms with Gasteiger partial charge >= 0.3 is 0 Å². The van der Waals surface area contributed by atoms with Crippen LogP contribution in [-0.4, -0.2) is 29.5 Å². The van der Waals surface area contributed by atoms with Crippen LogP contribution in [0, 0.1) is 5.92 Å². The van der Waals surface area contributed by atoms with Gasteiger partial charge in [-0.15, -0.1) is 6.58 Å². The molecule has 0 amide bonds. The minimum Gasteiger partial charge on any atom is -0.380 e. The van der Waals surface area contributed by atoms with Gasteiger partial charge in [0.1, 0.15) is 4.47 Å². The van der Waals surface area contributed by atoms with E-state index in [0.717, 1.165) is 6.42 Å². The lowest BCUT2D eigenvalue weighted by atomic mass is 10.2. The Kier molecular flexibility index (Phi) is 7.54. The van der Waals surface area contributed by atoms with Gasteiger partial charge in [0.15, 0.2) is 0 Å². The van der Waals surface area contributed by atoms with Crippen LogP contribution in [0.1, 0.15) is 20.3 Å². The van der Waals surface area contributed by atoms with E-state index < -0.39 is 0 Å². The predicted molar refractivity (Wildman–Crippen MR) is 85.2 cm³/mol. The van der Waals surface area contributed by atoms with E-state index >= 15 is 0 Å². The van der Waals surface area contributed by atoms with Crippen molar-refractivity contribution in [1.82, 2.24) is 9.78 Å². The Morgan fingerprint density at radius 1 is 1.55 bits per heavy atom. The van der Waals surface area contributed by atoms with Gasteiger partial charge < -0.3 is 10.1 Å². The van der Waals surface area contributed by atoms with Crippen molar-refractivity contribution >= 4 is 21.6 Å². The summed E-state index contributed by atoms with van der Waals surface area (Å²) < 4.78 is 7.38. The van der Waals surface area contributed by atoms with Crippen LogP contribution in [0.25, 0.3) is 0 Å². The number of anilines is 1. The van der Waals surface area contributed by atoms with Gasteiger partial charge in [-0.1, -0.05) is 19.9 Å². The maximum atomic E-state index is 12.1. The highest BCUT2D eigenvalue weighted by molar-refractivity contribution is 9.10. The summed E-state index contributed by atoms with van der Waals surface area (Å²) in [5.41, 5.74) is 0.582. The number of aromatic nitrogens is 2. The molecule has 0 atom stereocenters. The van der Waals surface area contributed by atoms with Crippen molar-refractivity contribution in [3.05, 3.63) is 33.7 Å². The molecule has 0 fully saturated rings. The summed E-state index contributed by atoms with van der Waals surface area (Å²) in [5.74, 6) is 0.379. The van der Waals surface area contributed by atoms with Crippen LogP contribution in [0.3, 0.4) is 0 Å². The van der Waals surface area contributed by atoms with Crippen molar-refractivity contribution in [2.45, 2.75) is 26.8 Å². The second-order valence-corrected chi connectivity index (χ2v) is 5.66. The third-order valence-corrected chi connectivity index (χ3v) is 3.32. The fraction of sp³-hybridized carbons (Fsp3) is 0.571. The molecule has 112 valence electrons. The van der Waals surface area contributed by atoms with Crippen molar-refractivity contribution < 1.29 is 4.74 Å². The third kappa shape index (κ3) is 5.46. The Bertz CT molecular complexity index is 486. The number of halogens is 1. The van der Waals surface area contributed by atoms with Crippen LogP contribution in [0.5, 0.6) is 0 Å². The number of ether oxygens (including phenoxy) is 1. The number of nitrogens with one attached hydrogen (secondary N) is 1. The molecule has 0 spiro atoms. The largest absolute Gasteiger partial charge is 0.380 e. The van der Waals surface area contributed by atoms with Crippen LogP contribution in [0.2, 0.25) is 0 Å². The quantitative estimate of drug-likeness (QED) is 0.553. The number of hydrogen-bond donors (Lipinski definition) is 1. The van der Waals surface area contributed by atoms with Gasteiger partial charge in [0, 0.05) is 13.1 Å². The number of nitrogens with zero attached hydrogens (tertiary/aromatic N) is 2. The maximum Gasteiger partial charge on any atom is 0.283 e. The molecule has 1 heterocycles. The Balaban J connectivity index is 2.53. The first-order valence-corrected chi connectivity index (χ1v) is 7.53. The molecule has 0 saturated carbocycles. The molecule has 1 aromatic heterocycles. The first kappa shape index (κ1) is 16.9. The Hall–Kier alpha value is -1.14. The van der Waals surface area contributed by atoms with Crippen molar-refractivity contribution in [2.75, 3.05) is 25.1 Å². The third-order valence-electron chi connectivity index (χ3n) is 2.55. The molecule has 20 heavy (non-hydrogen) atoms. The first-order chi connectivity index (χ1) is 9.56. The zero-order valence-corrected chi connectivity index (χ0v) is 13.6. The highest BCUT2D eigenvalue weighted by Crippen LogP contribution is 2.15. The van der Waals surface area contributed by atoms with Gasteiger partial charge in [0.25, 0.3) is 5.56 Å². The van der Waals surface area contributed by atoms with Crippen molar-refractivity contribution in [3.8, 4) is 0 Å². The van der Waals surface area contributed by atoms with E-state index in [-0.39, 0.29) is 5.56 Å². The average Bonchev–Trinajstić information content (AvgIpc) is 2.41. The van der Waals surface area contributed by atoms with E-state index in [1.807, 2.05) is 6.08 Å². The molecule has 0 radical (unpaired) electrons. The van der Waals surface area contributed by atoms with Gasteiger partial charge in [-0.2, -0.15) is 5.10 Å². The molecule has 0 aliphatic heterocycles. The van der Waals surface area contributed by atoms with Gasteiger partial charge in [0.05, 0.1) is 25.1 Å². The van der Waals surface area contributed by atoms with Gasteiger partial charge in [0.2, 0.25) is 0 Å². The van der Waals surface area contributed by atoms with Crippen LogP contribution in [0.4, 0.5) is 5.69 Å². The second kappa shape index (κ2) is 8.92. The molecule has 1 N–H and O–H groups in total. The zero-order chi connectivity index (χ0) is 15.0. The van der Waals surface area contributed by atoms with Gasteiger partial charge in [-0.3, -0.25) is 4.79 Å². The van der Waals surface area contributed by atoms with Crippen molar-refractivity contribution in [1.29, 1.82) is 0 Å². The fourth-order valence-corrected chi connectivity index (χ4v) is 2.04. The van der Waals surface area contributed by atoms with E-state index in [2.05, 4.69) is 46.8 Å². The molecule has 0 aliphatic rings. The smallest absolute Gasteiger partial charge is 0.283 e. The molecule has 1 rings (SSSR count). The number of rotatable bonds is 9. The molecule has 0 bridgehead atoms. The lowest BCUT2D eigenvalue weighted by molar-refractivity contribution is 0.149. The Labute approximate surface area is 128 Å². The zero-order valence-electron chi connectivity index (χ0n) is 12.1. The van der Waals surface area contributed by atoms with Gasteiger partial charge in [-0.25, -0.2) is 4.68 Å². The molecular weight excluding hydrogens is 322 g/mol. The molecule has 6 heteroatoms. The van der Waals surface area contributed by atoms with Gasteiger partial charge in [-0.05, 0) is 28.3 Å². The summed E-state index contributed by atoms with van der Waals surface area (Å²) in [5, 5.41) is 7.30. The number of hydrogen-bond acceptors (Lipinski definition) is 4. The lowest BCUT2D eigenvalue weighted by Crippen LogP contribution is -2.26. The Morgan fingerprint density at radius 2 is 2.30 bits per heavy atom. The molecular formula is C14H22BrN3O2. The van der Waals surface area contributed by atoms with Crippen LogP contribution in [0.15, 0.2) is 28.1 Å². The summed E-state index contributed by atoms with van der Waals surface area (Å²) in [4.78, 5) is 12.1. The van der Waals surface area contributed by atoms with Crippen molar-refractivity contribution in [2.24, 2.45) is 5.92 Å². The first-order valence-electron chi connectivity index (χ1n) is 6.74. The van der Waals surface area contributed by atoms with E-state index in [1.54, 1.807) is 6.20 Å². The average molecular weight is 344 g/mol. The highest BCUT2D eigenvalue weighted by atomic mass is 79.9. The summed E-state index contributed by atoms with van der Waals surface area (Å²) in [6.07, 6.45) is 4.33. The molecule has 0 saturated heterocycles. The van der Waals surface area contributed by atoms with E-state index in [1.165, 1.54) is 4.68 Å². The maximum absolute atomic E-state index is 12.1. The fourth-order valence-electron chi connectivity index (χ4n) is 1.59. The van der Waals surface area contributed by atoms with Crippen LogP contribution >= 0.6 is 15.9 Å². The monoisotopic (exact) mass is 343 g/mol. The summed E-state index contributed by atoms with van der Waals surface area (Å²) in [7, 11) is 0. The topological polar surface area (TPSA) is 56.1 Å². The minimum atomic E-state index is -0.115. The van der Waals surface area contributed by atoms with Crippen LogP contribution < -0.4 is 10.9 Å². The predicted octanol–water partition coefficient (Wildman–Crippen LogP) is 2.67.